The largest absolute Gasteiger partial charge is 0.453 e. The molecule has 2 aromatic rings. The molecule has 2 aliphatic heterocycles. The van der Waals surface area contributed by atoms with Crippen LogP contribution in [0, 0.1) is 12.7 Å². The molecular weight excluding hydrogens is 421 g/mol. The molecule has 8 heteroatoms. The minimum Gasteiger partial charge on any atom is -0.453 e. The van der Waals surface area contributed by atoms with Crippen molar-refractivity contribution in [2.45, 2.75) is 58.2 Å². The first-order valence-electron chi connectivity index (χ1n) is 11.5. The normalized spacial score (nSPS) is 18.5. The highest BCUT2D eigenvalue weighted by Crippen LogP contribution is 2.27. The number of carbonyl (C=O) groups is 1. The summed E-state index contributed by atoms with van der Waals surface area (Å²) in [5, 5.41) is 0. The Balaban J connectivity index is 0.000000189. The van der Waals surface area contributed by atoms with Crippen molar-refractivity contribution in [2.24, 2.45) is 12.8 Å². The summed E-state index contributed by atoms with van der Waals surface area (Å²) in [6.45, 7) is 10.4. The van der Waals surface area contributed by atoms with Crippen LogP contribution in [0.3, 0.4) is 0 Å². The SMILES string of the molecule is C=C1CCC(C)N1CCC(N)c1cccc(F)c1.COC(=O)N1CCc2c(nc(C)n2C)C1. The van der Waals surface area contributed by atoms with Gasteiger partial charge in [-0.3, -0.25) is 0 Å². The van der Waals surface area contributed by atoms with E-state index in [1.165, 1.54) is 37.1 Å². The Kier molecular flexibility index (Phi) is 8.13. The minimum absolute atomic E-state index is 0.110. The molecule has 3 heterocycles. The van der Waals surface area contributed by atoms with Crippen LogP contribution in [0.2, 0.25) is 0 Å². The monoisotopic (exact) mass is 457 g/mol. The summed E-state index contributed by atoms with van der Waals surface area (Å²) in [5.41, 5.74) is 10.4. The van der Waals surface area contributed by atoms with Gasteiger partial charge in [0.25, 0.3) is 0 Å². The fraction of sp³-hybridized carbons (Fsp3) is 0.520. The molecule has 0 radical (unpaired) electrons. The quantitative estimate of drug-likeness (QED) is 0.749. The van der Waals surface area contributed by atoms with E-state index in [4.69, 9.17) is 10.5 Å². The summed E-state index contributed by atoms with van der Waals surface area (Å²) in [5.74, 6) is 0.772. The number of nitrogens with two attached hydrogens (primary N) is 1. The van der Waals surface area contributed by atoms with Crippen molar-refractivity contribution in [3.05, 3.63) is 65.1 Å². The van der Waals surface area contributed by atoms with Gasteiger partial charge < -0.3 is 24.8 Å². The maximum absolute atomic E-state index is 13.1. The van der Waals surface area contributed by atoms with E-state index in [0.29, 0.717) is 19.1 Å². The fourth-order valence-corrected chi connectivity index (χ4v) is 4.50. The smallest absolute Gasteiger partial charge is 0.409 e. The van der Waals surface area contributed by atoms with Crippen LogP contribution in [-0.4, -0.2) is 51.7 Å². The van der Waals surface area contributed by atoms with E-state index in [2.05, 4.69) is 28.0 Å². The number of rotatable bonds is 4. The van der Waals surface area contributed by atoms with Gasteiger partial charge in [-0.25, -0.2) is 14.2 Å². The molecule has 2 unspecified atom stereocenters. The van der Waals surface area contributed by atoms with Gasteiger partial charge in [-0.15, -0.1) is 0 Å². The van der Waals surface area contributed by atoms with E-state index in [-0.39, 0.29) is 18.0 Å². The van der Waals surface area contributed by atoms with E-state index in [1.807, 2.05) is 20.0 Å². The number of carbonyl (C=O) groups excluding carboxylic acids is 1. The van der Waals surface area contributed by atoms with Crippen molar-refractivity contribution < 1.29 is 13.9 Å². The van der Waals surface area contributed by atoms with E-state index in [0.717, 1.165) is 42.9 Å². The van der Waals surface area contributed by atoms with E-state index in [1.54, 1.807) is 11.0 Å². The molecule has 0 saturated carbocycles. The maximum atomic E-state index is 13.1. The lowest BCUT2D eigenvalue weighted by Gasteiger charge is -2.26. The molecule has 2 atom stereocenters. The standard InChI is InChI=1S/C15H21FN2.C10H15N3O2/c1-11-6-7-12(2)18(11)9-8-15(17)13-4-3-5-14(16)10-13;1-7-11-8-6-13(10(14)15-3)5-4-9(8)12(7)2/h3-5,10,12,15H,1,6-9,17H2,2H3;4-6H2,1-3H3. The molecule has 180 valence electrons. The van der Waals surface area contributed by atoms with Gasteiger partial charge in [0.1, 0.15) is 11.6 Å². The highest BCUT2D eigenvalue weighted by atomic mass is 19.1. The summed E-state index contributed by atoms with van der Waals surface area (Å²) in [6.07, 6.45) is 3.66. The average molecular weight is 458 g/mol. The van der Waals surface area contributed by atoms with Crippen molar-refractivity contribution in [3.8, 4) is 0 Å². The van der Waals surface area contributed by atoms with Gasteiger partial charge in [0, 0.05) is 50.0 Å². The number of halogens is 1. The number of allylic oxidation sites excluding steroid dienone is 1. The number of hydrogen-bond donors (Lipinski definition) is 1. The number of benzene rings is 1. The Morgan fingerprint density at radius 1 is 1.39 bits per heavy atom. The number of likely N-dealkylation sites (tertiary alicyclic amines) is 1. The number of hydrogen-bond acceptors (Lipinski definition) is 5. The number of imidazole rings is 1. The zero-order valence-corrected chi connectivity index (χ0v) is 20.2. The Hall–Kier alpha value is -2.87. The molecule has 0 spiro atoms. The molecule has 1 fully saturated rings. The van der Waals surface area contributed by atoms with E-state index >= 15 is 0 Å². The molecule has 2 aliphatic rings. The third kappa shape index (κ3) is 5.93. The summed E-state index contributed by atoms with van der Waals surface area (Å²) >= 11 is 0. The first-order valence-corrected chi connectivity index (χ1v) is 11.5. The Labute approximate surface area is 196 Å². The number of aryl methyl sites for hydroxylation is 1. The molecule has 1 aromatic heterocycles. The Morgan fingerprint density at radius 3 is 2.79 bits per heavy atom. The van der Waals surface area contributed by atoms with Gasteiger partial charge in [-0.05, 0) is 50.8 Å². The number of ether oxygens (including phenoxy) is 1. The molecule has 2 N–H and O–H groups in total. The van der Waals surface area contributed by atoms with Gasteiger partial charge in [-0.1, -0.05) is 18.7 Å². The summed E-state index contributed by atoms with van der Waals surface area (Å²) < 4.78 is 19.9. The molecule has 1 aromatic carbocycles. The second-order valence-electron chi connectivity index (χ2n) is 8.85. The highest BCUT2D eigenvalue weighted by Gasteiger charge is 2.25. The van der Waals surface area contributed by atoms with Crippen LogP contribution < -0.4 is 5.73 Å². The average Bonchev–Trinajstić information content (AvgIpc) is 3.28. The molecule has 1 amide bonds. The van der Waals surface area contributed by atoms with Crippen molar-refractivity contribution >= 4 is 6.09 Å². The van der Waals surface area contributed by atoms with Gasteiger partial charge in [0.2, 0.25) is 0 Å². The molecule has 7 nitrogen and oxygen atoms in total. The predicted octanol–water partition coefficient (Wildman–Crippen LogP) is 4.07. The number of methoxy groups -OCH3 is 1. The molecule has 33 heavy (non-hydrogen) atoms. The lowest BCUT2D eigenvalue weighted by Crippen LogP contribution is -2.36. The first kappa shape index (κ1) is 24.8. The highest BCUT2D eigenvalue weighted by molar-refractivity contribution is 5.67. The maximum Gasteiger partial charge on any atom is 0.409 e. The van der Waals surface area contributed by atoms with E-state index in [9.17, 15) is 9.18 Å². The van der Waals surface area contributed by atoms with Gasteiger partial charge in [0.15, 0.2) is 0 Å². The van der Waals surface area contributed by atoms with Crippen molar-refractivity contribution in [2.75, 3.05) is 20.2 Å². The Morgan fingerprint density at radius 2 is 2.15 bits per heavy atom. The summed E-state index contributed by atoms with van der Waals surface area (Å²) in [7, 11) is 3.41. The predicted molar refractivity (Wildman–Crippen MR) is 127 cm³/mol. The topological polar surface area (TPSA) is 76.6 Å². The van der Waals surface area contributed by atoms with Gasteiger partial charge in [0.05, 0.1) is 19.3 Å². The Bertz CT molecular complexity index is 989. The zero-order valence-electron chi connectivity index (χ0n) is 20.2. The second kappa shape index (κ2) is 10.8. The second-order valence-corrected chi connectivity index (χ2v) is 8.85. The van der Waals surface area contributed by atoms with Crippen LogP contribution in [0.1, 0.15) is 55.0 Å². The third-order valence-electron chi connectivity index (χ3n) is 6.66. The number of aromatic nitrogens is 2. The van der Waals surface area contributed by atoms with Gasteiger partial charge in [-0.2, -0.15) is 0 Å². The van der Waals surface area contributed by atoms with Crippen LogP contribution in [0.25, 0.3) is 0 Å². The third-order valence-corrected chi connectivity index (χ3v) is 6.66. The number of nitrogens with zero attached hydrogens (tertiary/aromatic N) is 4. The van der Waals surface area contributed by atoms with Crippen molar-refractivity contribution in [1.82, 2.24) is 19.4 Å². The van der Waals surface area contributed by atoms with Crippen molar-refractivity contribution in [1.29, 1.82) is 0 Å². The van der Waals surface area contributed by atoms with Crippen LogP contribution in [0.5, 0.6) is 0 Å². The lowest BCUT2D eigenvalue weighted by atomic mass is 10.0. The van der Waals surface area contributed by atoms with Crippen LogP contribution in [0.15, 0.2) is 36.5 Å². The number of amides is 1. The summed E-state index contributed by atoms with van der Waals surface area (Å²) in [6, 6.07) is 7.00. The zero-order chi connectivity index (χ0) is 24.1. The van der Waals surface area contributed by atoms with Crippen LogP contribution >= 0.6 is 0 Å². The molecule has 1 saturated heterocycles. The fourth-order valence-electron chi connectivity index (χ4n) is 4.50. The summed E-state index contributed by atoms with van der Waals surface area (Å²) in [4.78, 5) is 19.8. The van der Waals surface area contributed by atoms with Crippen LogP contribution in [0.4, 0.5) is 9.18 Å². The lowest BCUT2D eigenvalue weighted by molar-refractivity contribution is 0.117. The van der Waals surface area contributed by atoms with Crippen LogP contribution in [-0.2, 0) is 24.8 Å². The molecular formula is C25H36FN5O2. The molecule has 4 rings (SSSR count). The first-order chi connectivity index (χ1) is 15.7. The molecule has 0 aliphatic carbocycles. The molecule has 0 bridgehead atoms. The van der Waals surface area contributed by atoms with E-state index < -0.39 is 0 Å². The minimum atomic E-state index is -0.274. The van der Waals surface area contributed by atoms with Gasteiger partial charge >= 0.3 is 6.09 Å². The van der Waals surface area contributed by atoms with Crippen molar-refractivity contribution in [3.63, 3.8) is 0 Å². The number of fused-ring (bicyclic) bond motifs is 1.